The lowest BCUT2D eigenvalue weighted by Gasteiger charge is -2.36. The number of unbranched alkanes of at least 4 members (excludes halogenated alkanes) is 1. The van der Waals surface area contributed by atoms with Gasteiger partial charge in [0.15, 0.2) is 0 Å². The topological polar surface area (TPSA) is 29.5 Å². The third-order valence-corrected chi connectivity index (χ3v) is 5.01. The molecule has 1 aliphatic rings. The Morgan fingerprint density at radius 2 is 1.28 bits per heavy atom. The monoisotopic (exact) mass is 438 g/mol. The van der Waals surface area contributed by atoms with Crippen molar-refractivity contribution in [1.82, 2.24) is 0 Å². The Bertz CT molecular complexity index is 703. The summed E-state index contributed by atoms with van der Waals surface area (Å²) in [6, 6.07) is 4.43. The average molecular weight is 438 g/mol. The fourth-order valence-electron chi connectivity index (χ4n) is 3.13. The summed E-state index contributed by atoms with van der Waals surface area (Å²) in [5, 5.41) is 10.3. The van der Waals surface area contributed by atoms with Gasteiger partial charge in [0.05, 0.1) is 12.2 Å². The van der Waals surface area contributed by atoms with Gasteiger partial charge in [-0.15, -0.1) is 0 Å². The van der Waals surface area contributed by atoms with Gasteiger partial charge in [-0.25, -0.2) is 4.39 Å². The smallest absolute Gasteiger partial charge is 0.381 e. The summed E-state index contributed by atoms with van der Waals surface area (Å²) in [7, 11) is 0. The van der Waals surface area contributed by atoms with Crippen molar-refractivity contribution in [2.45, 2.75) is 68.1 Å². The van der Waals surface area contributed by atoms with Gasteiger partial charge in [-0.3, -0.25) is 0 Å². The molecule has 1 aromatic carbocycles. The highest BCUT2D eigenvalue weighted by atomic mass is 19.4. The summed E-state index contributed by atoms with van der Waals surface area (Å²) in [6.07, 6.45) is -0.874. The van der Waals surface area contributed by atoms with E-state index in [2.05, 4.69) is 0 Å². The van der Waals surface area contributed by atoms with Gasteiger partial charge >= 0.3 is 23.7 Å². The zero-order valence-corrected chi connectivity index (χ0v) is 15.4. The van der Waals surface area contributed by atoms with Crippen LogP contribution in [0.1, 0.15) is 38.7 Å². The number of halogens is 9. The normalized spacial score (nSPS) is 25.4. The molecular formula is C18H19F9O2. The molecule has 0 spiro atoms. The lowest BCUT2D eigenvalue weighted by molar-refractivity contribution is -0.303. The van der Waals surface area contributed by atoms with Crippen LogP contribution in [-0.4, -0.2) is 41.1 Å². The van der Waals surface area contributed by atoms with Crippen LogP contribution in [0.4, 0.5) is 39.5 Å². The lowest BCUT2D eigenvalue weighted by atomic mass is 9.80. The molecule has 0 aliphatic heterocycles. The van der Waals surface area contributed by atoms with Crippen molar-refractivity contribution in [3.8, 4) is 5.75 Å². The zero-order valence-electron chi connectivity index (χ0n) is 15.4. The van der Waals surface area contributed by atoms with Crippen LogP contribution in [0.25, 0.3) is 0 Å². The Balaban J connectivity index is 2.37. The highest BCUT2D eigenvalue weighted by molar-refractivity contribution is 5.33. The van der Waals surface area contributed by atoms with E-state index in [0.717, 1.165) is 18.6 Å². The number of benzene rings is 1. The Labute approximate surface area is 160 Å². The molecule has 1 saturated carbocycles. The van der Waals surface area contributed by atoms with E-state index in [1.54, 1.807) is 0 Å². The third kappa shape index (κ3) is 3.16. The Kier molecular flexibility index (Phi) is 5.66. The molecule has 1 N–H and O–H groups in total. The predicted molar refractivity (Wildman–Crippen MR) is 84.7 cm³/mol. The molecular weight excluding hydrogens is 419 g/mol. The molecule has 11 heteroatoms. The fourth-order valence-corrected chi connectivity index (χ4v) is 3.13. The minimum Gasteiger partial charge on any atom is -0.494 e. The number of hydrogen-bond donors (Lipinski definition) is 1. The molecule has 0 radical (unpaired) electrons. The van der Waals surface area contributed by atoms with Crippen molar-refractivity contribution < 1.29 is 49.4 Å². The van der Waals surface area contributed by atoms with E-state index >= 15 is 0 Å². The van der Waals surface area contributed by atoms with E-state index in [-0.39, 0.29) is 5.75 Å². The summed E-state index contributed by atoms with van der Waals surface area (Å²) in [5.74, 6) is -26.0. The summed E-state index contributed by atoms with van der Waals surface area (Å²) in [5.41, 5.74) is -9.05. The molecule has 1 fully saturated rings. The maximum Gasteiger partial charge on any atom is 0.381 e. The van der Waals surface area contributed by atoms with Crippen LogP contribution < -0.4 is 4.74 Å². The minimum atomic E-state index is -6.66. The van der Waals surface area contributed by atoms with Crippen molar-refractivity contribution >= 4 is 0 Å². The van der Waals surface area contributed by atoms with Gasteiger partial charge in [0.25, 0.3) is 5.67 Å². The first kappa shape index (κ1) is 23.6. The number of alkyl halides is 9. The van der Waals surface area contributed by atoms with Crippen LogP contribution in [0, 0.1) is 0 Å². The van der Waals surface area contributed by atoms with Crippen molar-refractivity contribution in [1.29, 1.82) is 0 Å². The number of ether oxygens (including phenoxy) is 1. The predicted octanol–water partition coefficient (Wildman–Crippen LogP) is 5.73. The molecule has 166 valence electrons. The second kappa shape index (κ2) is 6.95. The SMILES string of the molecule is CCCCOc1ccc(C(C)(O)CC2(F)C(F)(F)C(F)(F)C(F)(F)C2(F)F)cc1. The summed E-state index contributed by atoms with van der Waals surface area (Å²) >= 11 is 0. The molecule has 0 saturated heterocycles. The van der Waals surface area contributed by atoms with Crippen molar-refractivity contribution in [3.05, 3.63) is 29.8 Å². The number of rotatable bonds is 7. The summed E-state index contributed by atoms with van der Waals surface area (Å²) in [6.45, 7) is 2.81. The molecule has 0 aromatic heterocycles. The molecule has 1 unspecified atom stereocenters. The van der Waals surface area contributed by atoms with Gasteiger partial charge in [0, 0.05) is 6.42 Å². The molecule has 0 heterocycles. The van der Waals surface area contributed by atoms with E-state index in [1.807, 2.05) is 6.92 Å². The Morgan fingerprint density at radius 3 is 1.69 bits per heavy atom. The molecule has 0 amide bonds. The second-order valence-corrected chi connectivity index (χ2v) is 7.28. The van der Waals surface area contributed by atoms with Gasteiger partial charge in [0.1, 0.15) is 5.75 Å². The molecule has 0 bridgehead atoms. The standard InChI is InChI=1S/C18H19F9O2/c1-3-4-9-29-12-7-5-11(6-8-12)13(2,28)10-14(19)15(20,21)17(24,25)18(26,27)16(14,22)23/h5-8,28H,3-4,9-10H2,1-2H3. The average Bonchev–Trinajstić information content (AvgIpc) is 2.65. The quantitative estimate of drug-likeness (QED) is 0.436. The molecule has 2 rings (SSSR count). The molecule has 2 nitrogen and oxygen atoms in total. The molecule has 1 atom stereocenters. The van der Waals surface area contributed by atoms with Gasteiger partial charge < -0.3 is 9.84 Å². The van der Waals surface area contributed by atoms with E-state index < -0.39 is 46.9 Å². The van der Waals surface area contributed by atoms with Crippen LogP contribution in [-0.2, 0) is 5.60 Å². The van der Waals surface area contributed by atoms with Gasteiger partial charge in [0.2, 0.25) is 0 Å². The van der Waals surface area contributed by atoms with Gasteiger partial charge in [-0.1, -0.05) is 25.5 Å². The highest BCUT2D eigenvalue weighted by Gasteiger charge is 3.00. The summed E-state index contributed by atoms with van der Waals surface area (Å²) in [4.78, 5) is 0. The molecule has 1 aliphatic carbocycles. The number of aliphatic hydroxyl groups is 1. The van der Waals surface area contributed by atoms with Crippen LogP contribution >= 0.6 is 0 Å². The first-order valence-electron chi connectivity index (χ1n) is 8.65. The maximum absolute atomic E-state index is 14.7. The van der Waals surface area contributed by atoms with Crippen LogP contribution in [0.3, 0.4) is 0 Å². The van der Waals surface area contributed by atoms with Crippen LogP contribution in [0.5, 0.6) is 5.75 Å². The van der Waals surface area contributed by atoms with Crippen molar-refractivity contribution in [2.24, 2.45) is 0 Å². The minimum absolute atomic E-state index is 0.252. The first-order valence-corrected chi connectivity index (χ1v) is 8.65. The lowest BCUT2D eigenvalue weighted by Crippen LogP contribution is -2.57. The second-order valence-electron chi connectivity index (χ2n) is 7.28. The highest BCUT2D eigenvalue weighted by Crippen LogP contribution is 2.70. The van der Waals surface area contributed by atoms with Crippen LogP contribution in [0.15, 0.2) is 24.3 Å². The fraction of sp³-hybridized carbons (Fsp3) is 0.667. The number of hydrogen-bond acceptors (Lipinski definition) is 2. The zero-order chi connectivity index (χ0) is 22.5. The third-order valence-electron chi connectivity index (χ3n) is 5.01. The van der Waals surface area contributed by atoms with Gasteiger partial charge in [-0.05, 0) is 31.0 Å². The van der Waals surface area contributed by atoms with E-state index in [1.165, 1.54) is 12.1 Å². The Hall–Kier alpha value is -1.65. The van der Waals surface area contributed by atoms with Crippen molar-refractivity contribution in [2.75, 3.05) is 6.61 Å². The van der Waals surface area contributed by atoms with Crippen molar-refractivity contribution in [3.63, 3.8) is 0 Å². The molecule has 1 aromatic rings. The molecule has 29 heavy (non-hydrogen) atoms. The Morgan fingerprint density at radius 1 is 0.828 bits per heavy atom. The first-order chi connectivity index (χ1) is 13.0. The summed E-state index contributed by atoms with van der Waals surface area (Å²) < 4.78 is 129. The van der Waals surface area contributed by atoms with E-state index in [0.29, 0.717) is 20.0 Å². The largest absolute Gasteiger partial charge is 0.494 e. The van der Waals surface area contributed by atoms with E-state index in [9.17, 15) is 44.6 Å². The van der Waals surface area contributed by atoms with Gasteiger partial charge in [-0.2, -0.15) is 35.1 Å². The van der Waals surface area contributed by atoms with E-state index in [4.69, 9.17) is 4.74 Å². The maximum atomic E-state index is 14.7. The van der Waals surface area contributed by atoms with Crippen LogP contribution in [0.2, 0.25) is 0 Å².